The Hall–Kier alpha value is -5.29. The minimum Gasteiger partial charge on any atom is -0.338 e. The van der Waals surface area contributed by atoms with Crippen LogP contribution < -0.4 is 5.32 Å². The van der Waals surface area contributed by atoms with Crippen molar-refractivity contribution >= 4 is 34.0 Å². The molecular formula is C34H31FN8O2. The number of H-pyrrole nitrogens is 1. The Kier molecular flexibility index (Phi) is 7.83. The Morgan fingerprint density at radius 1 is 0.978 bits per heavy atom. The van der Waals surface area contributed by atoms with E-state index in [9.17, 15) is 14.0 Å². The number of benzene rings is 2. The summed E-state index contributed by atoms with van der Waals surface area (Å²) in [6.45, 7) is 2.68. The van der Waals surface area contributed by atoms with Crippen LogP contribution in [0.3, 0.4) is 0 Å². The molecule has 2 amide bonds. The molecule has 2 aromatic carbocycles. The third kappa shape index (κ3) is 6.20. The lowest BCUT2D eigenvalue weighted by Crippen LogP contribution is -2.42. The molecule has 226 valence electrons. The SMILES string of the molecule is O=C(Nc1ccc2[nH]nc(-c3ccc(F)cc3)c2c1)[C@H]1CCN(CC(=O)N2CC=C(c3ccc(-c4ncccn4)cn3)CC2)C1. The number of amides is 2. The molecule has 5 aromatic rings. The average molecular weight is 603 g/mol. The normalized spacial score (nSPS) is 17.0. The number of nitrogens with one attached hydrogen (secondary N) is 2. The zero-order chi connectivity index (χ0) is 30.8. The van der Waals surface area contributed by atoms with Crippen LogP contribution in [0.25, 0.3) is 39.1 Å². The predicted octanol–water partition coefficient (Wildman–Crippen LogP) is 4.80. The van der Waals surface area contributed by atoms with Gasteiger partial charge in [-0.25, -0.2) is 14.4 Å². The Labute approximate surface area is 259 Å². The van der Waals surface area contributed by atoms with Gasteiger partial charge in [0.15, 0.2) is 5.82 Å². The highest BCUT2D eigenvalue weighted by molar-refractivity contribution is 5.99. The number of pyridine rings is 1. The van der Waals surface area contributed by atoms with Crippen LogP contribution in [-0.4, -0.2) is 79.5 Å². The largest absolute Gasteiger partial charge is 0.338 e. The number of aromatic nitrogens is 5. The van der Waals surface area contributed by atoms with E-state index in [1.54, 1.807) is 36.8 Å². The molecule has 1 saturated heterocycles. The van der Waals surface area contributed by atoms with Gasteiger partial charge in [0.2, 0.25) is 11.8 Å². The summed E-state index contributed by atoms with van der Waals surface area (Å²) in [4.78, 5) is 43.4. The van der Waals surface area contributed by atoms with Crippen LogP contribution in [0.1, 0.15) is 18.5 Å². The number of likely N-dealkylation sites (tertiary alicyclic amines) is 1. The lowest BCUT2D eigenvalue weighted by molar-refractivity contribution is -0.132. The number of hydrogen-bond acceptors (Lipinski definition) is 7. The number of fused-ring (bicyclic) bond motifs is 1. The topological polar surface area (TPSA) is 120 Å². The first-order chi connectivity index (χ1) is 22.0. The second-order valence-electron chi connectivity index (χ2n) is 11.4. The molecule has 0 spiro atoms. The third-order valence-corrected chi connectivity index (χ3v) is 8.43. The van der Waals surface area contributed by atoms with Crippen molar-refractivity contribution in [1.82, 2.24) is 34.9 Å². The van der Waals surface area contributed by atoms with Crippen LogP contribution in [0.5, 0.6) is 0 Å². The molecule has 0 radical (unpaired) electrons. The molecule has 5 heterocycles. The number of nitrogens with zero attached hydrogens (tertiary/aromatic N) is 6. The fraction of sp³-hybridized carbons (Fsp3) is 0.235. The molecule has 0 bridgehead atoms. The number of halogens is 1. The molecule has 3 aromatic heterocycles. The quantitative estimate of drug-likeness (QED) is 0.275. The van der Waals surface area contributed by atoms with E-state index in [4.69, 9.17) is 0 Å². The smallest absolute Gasteiger partial charge is 0.237 e. The number of hydrogen-bond donors (Lipinski definition) is 2. The molecule has 45 heavy (non-hydrogen) atoms. The molecule has 1 atom stereocenters. The molecule has 2 aliphatic rings. The standard InChI is InChI=1S/C34H31FN8O2/c35-26-5-2-23(3-6-26)32-28-18-27(7-9-30(28)40-41-32)39-34(45)25-10-15-42(20-25)21-31(44)43-16-11-22(12-17-43)29-8-4-24(19-38-29)33-36-13-1-14-37-33/h1-9,11,13-14,18-19,25H,10,12,15-17,20-21H2,(H,39,45)(H,40,41)/t25-/m0/s1. The van der Waals surface area contributed by atoms with Gasteiger partial charge in [0, 0.05) is 60.4 Å². The predicted molar refractivity (Wildman–Crippen MR) is 169 cm³/mol. The van der Waals surface area contributed by atoms with Crippen LogP contribution in [0.15, 0.2) is 85.3 Å². The van der Waals surface area contributed by atoms with Gasteiger partial charge < -0.3 is 10.2 Å². The van der Waals surface area contributed by atoms with Crippen LogP contribution >= 0.6 is 0 Å². The van der Waals surface area contributed by atoms with Gasteiger partial charge in [-0.05, 0) is 85.6 Å². The highest BCUT2D eigenvalue weighted by atomic mass is 19.1. The lowest BCUT2D eigenvalue weighted by Gasteiger charge is -2.28. The van der Waals surface area contributed by atoms with Crippen molar-refractivity contribution in [2.24, 2.45) is 5.92 Å². The van der Waals surface area contributed by atoms with Crippen LogP contribution in [0, 0.1) is 11.7 Å². The van der Waals surface area contributed by atoms with Crippen LogP contribution in [0.2, 0.25) is 0 Å². The number of rotatable bonds is 7. The van der Waals surface area contributed by atoms with Gasteiger partial charge in [-0.1, -0.05) is 6.08 Å². The first-order valence-corrected chi connectivity index (χ1v) is 15.0. The summed E-state index contributed by atoms with van der Waals surface area (Å²) in [7, 11) is 0. The molecule has 0 aliphatic carbocycles. The molecule has 11 heteroatoms. The minimum atomic E-state index is -0.309. The van der Waals surface area contributed by atoms with Crippen molar-refractivity contribution in [3.8, 4) is 22.6 Å². The van der Waals surface area contributed by atoms with Gasteiger partial charge >= 0.3 is 0 Å². The Morgan fingerprint density at radius 3 is 2.56 bits per heavy atom. The number of aromatic amines is 1. The maximum absolute atomic E-state index is 13.4. The summed E-state index contributed by atoms with van der Waals surface area (Å²) in [5.74, 6) is 0.113. The van der Waals surface area contributed by atoms with E-state index in [0.29, 0.717) is 56.4 Å². The van der Waals surface area contributed by atoms with Crippen LogP contribution in [-0.2, 0) is 9.59 Å². The van der Waals surface area contributed by atoms with Crippen molar-refractivity contribution in [2.45, 2.75) is 12.8 Å². The fourth-order valence-corrected chi connectivity index (χ4v) is 5.94. The van der Waals surface area contributed by atoms with Gasteiger partial charge in [0.1, 0.15) is 5.82 Å². The van der Waals surface area contributed by atoms with E-state index in [-0.39, 0.29) is 23.5 Å². The van der Waals surface area contributed by atoms with E-state index in [1.807, 2.05) is 35.2 Å². The molecule has 2 aliphatic heterocycles. The summed E-state index contributed by atoms with van der Waals surface area (Å²) in [6, 6.07) is 17.5. The Balaban J connectivity index is 0.920. The molecule has 1 fully saturated rings. The summed E-state index contributed by atoms with van der Waals surface area (Å²) in [6.07, 6.45) is 8.69. The molecular weight excluding hydrogens is 571 g/mol. The first-order valence-electron chi connectivity index (χ1n) is 15.0. The Bertz CT molecular complexity index is 1870. The second kappa shape index (κ2) is 12.4. The highest BCUT2D eigenvalue weighted by Gasteiger charge is 2.31. The first kappa shape index (κ1) is 28.5. The summed E-state index contributed by atoms with van der Waals surface area (Å²) in [5.41, 5.74) is 5.85. The molecule has 2 N–H and O–H groups in total. The van der Waals surface area contributed by atoms with Crippen molar-refractivity contribution in [3.05, 3.63) is 96.8 Å². The van der Waals surface area contributed by atoms with E-state index in [1.165, 1.54) is 12.1 Å². The van der Waals surface area contributed by atoms with E-state index in [2.05, 4.69) is 41.4 Å². The van der Waals surface area contributed by atoms with Gasteiger partial charge in [0.05, 0.1) is 29.4 Å². The highest BCUT2D eigenvalue weighted by Crippen LogP contribution is 2.29. The maximum atomic E-state index is 13.4. The third-order valence-electron chi connectivity index (χ3n) is 8.43. The van der Waals surface area contributed by atoms with Crippen molar-refractivity contribution in [3.63, 3.8) is 0 Å². The van der Waals surface area contributed by atoms with E-state index < -0.39 is 0 Å². The van der Waals surface area contributed by atoms with Crippen molar-refractivity contribution in [2.75, 3.05) is 38.0 Å². The molecule has 0 saturated carbocycles. The Morgan fingerprint density at radius 2 is 1.80 bits per heavy atom. The lowest BCUT2D eigenvalue weighted by atomic mass is 10.0. The summed E-state index contributed by atoms with van der Waals surface area (Å²) in [5, 5.41) is 11.3. The zero-order valence-corrected chi connectivity index (χ0v) is 24.5. The molecule has 10 nitrogen and oxygen atoms in total. The average Bonchev–Trinajstić information content (AvgIpc) is 3.73. The maximum Gasteiger partial charge on any atom is 0.237 e. The number of anilines is 1. The molecule has 0 unspecified atom stereocenters. The van der Waals surface area contributed by atoms with Gasteiger partial charge in [0.25, 0.3) is 0 Å². The van der Waals surface area contributed by atoms with Crippen molar-refractivity contribution in [1.29, 1.82) is 0 Å². The minimum absolute atomic E-state index is 0.0645. The second-order valence-corrected chi connectivity index (χ2v) is 11.4. The van der Waals surface area contributed by atoms with E-state index >= 15 is 0 Å². The van der Waals surface area contributed by atoms with Crippen LogP contribution in [0.4, 0.5) is 10.1 Å². The zero-order valence-electron chi connectivity index (χ0n) is 24.5. The number of carbonyl (C=O) groups excluding carboxylic acids is 2. The van der Waals surface area contributed by atoms with E-state index in [0.717, 1.165) is 39.7 Å². The number of carbonyl (C=O) groups is 2. The van der Waals surface area contributed by atoms with Gasteiger partial charge in [-0.2, -0.15) is 5.10 Å². The summed E-state index contributed by atoms with van der Waals surface area (Å²) < 4.78 is 13.4. The van der Waals surface area contributed by atoms with Gasteiger partial charge in [-0.15, -0.1) is 0 Å². The fourth-order valence-electron chi connectivity index (χ4n) is 5.94. The molecule has 7 rings (SSSR count). The monoisotopic (exact) mass is 602 g/mol. The van der Waals surface area contributed by atoms with Gasteiger partial charge in [-0.3, -0.25) is 24.6 Å². The van der Waals surface area contributed by atoms with Crippen molar-refractivity contribution < 1.29 is 14.0 Å². The summed E-state index contributed by atoms with van der Waals surface area (Å²) >= 11 is 0.